The van der Waals surface area contributed by atoms with Gasteiger partial charge in [0.05, 0.1) is 23.0 Å². The Balaban J connectivity index is 1.72. The molecule has 0 aromatic heterocycles. The summed E-state index contributed by atoms with van der Waals surface area (Å²) in [6.07, 6.45) is 0. The van der Waals surface area contributed by atoms with Crippen LogP contribution >= 0.6 is 0 Å². The van der Waals surface area contributed by atoms with Crippen LogP contribution in [0.1, 0.15) is 24.0 Å². The van der Waals surface area contributed by atoms with Crippen molar-refractivity contribution in [3.05, 3.63) is 59.7 Å². The van der Waals surface area contributed by atoms with Gasteiger partial charge in [-0.05, 0) is 48.9 Å². The maximum absolute atomic E-state index is 8.77. The molecule has 2 aromatic rings. The van der Waals surface area contributed by atoms with Crippen LogP contribution in [0, 0.1) is 11.3 Å². The van der Waals surface area contributed by atoms with Gasteiger partial charge in [0, 0.05) is 24.5 Å². The lowest BCUT2D eigenvalue weighted by Crippen LogP contribution is -2.42. The fraction of sp³-hybridized carbons (Fsp3) is 0.278. The van der Waals surface area contributed by atoms with Gasteiger partial charge in [-0.3, -0.25) is 0 Å². The molecule has 2 unspecified atom stereocenters. The predicted octanol–water partition coefficient (Wildman–Crippen LogP) is 3.38. The van der Waals surface area contributed by atoms with Crippen LogP contribution in [0.5, 0.6) is 0 Å². The van der Waals surface area contributed by atoms with Crippen LogP contribution in [0.15, 0.2) is 58.8 Å². The number of nitriles is 1. The molecular formula is C18H19N5. The van der Waals surface area contributed by atoms with Crippen LogP contribution < -0.4 is 11.1 Å². The third-order valence-electron chi connectivity index (χ3n) is 4.22. The molecule has 1 saturated heterocycles. The summed E-state index contributed by atoms with van der Waals surface area (Å²) in [4.78, 5) is 0. The van der Waals surface area contributed by atoms with E-state index < -0.39 is 0 Å². The molecule has 0 aliphatic carbocycles. The van der Waals surface area contributed by atoms with Gasteiger partial charge in [-0.1, -0.05) is 12.1 Å². The van der Waals surface area contributed by atoms with E-state index in [4.69, 9.17) is 11.0 Å². The lowest BCUT2D eigenvalue weighted by molar-refractivity contribution is 0.462. The second kappa shape index (κ2) is 6.29. The number of nitrogens with two attached hydrogens (primary N) is 1. The number of benzene rings is 2. The van der Waals surface area contributed by atoms with E-state index in [-0.39, 0.29) is 5.54 Å². The maximum atomic E-state index is 8.77. The average Bonchev–Trinajstić information content (AvgIpc) is 2.93. The summed E-state index contributed by atoms with van der Waals surface area (Å²) >= 11 is 0. The highest BCUT2D eigenvalue weighted by atomic mass is 15.1. The van der Waals surface area contributed by atoms with Crippen LogP contribution in [0.2, 0.25) is 0 Å². The molecule has 1 heterocycles. The Morgan fingerprint density at radius 3 is 2.13 bits per heavy atom. The molecule has 0 radical (unpaired) electrons. The lowest BCUT2D eigenvalue weighted by atomic mass is 9.84. The molecule has 5 nitrogen and oxygen atoms in total. The van der Waals surface area contributed by atoms with Crippen molar-refractivity contribution < 1.29 is 0 Å². The Labute approximate surface area is 135 Å². The van der Waals surface area contributed by atoms with E-state index in [1.54, 1.807) is 24.3 Å². The maximum Gasteiger partial charge on any atom is 0.0991 e. The van der Waals surface area contributed by atoms with Gasteiger partial charge < -0.3 is 11.1 Å². The summed E-state index contributed by atoms with van der Waals surface area (Å²) < 4.78 is 0. The van der Waals surface area contributed by atoms with E-state index in [1.165, 1.54) is 5.56 Å². The minimum atomic E-state index is -0.217. The van der Waals surface area contributed by atoms with Crippen molar-refractivity contribution in [3.63, 3.8) is 0 Å². The van der Waals surface area contributed by atoms with Crippen molar-refractivity contribution in [2.24, 2.45) is 16.0 Å². The topological polar surface area (TPSA) is 86.6 Å². The number of nitrogens with one attached hydrogen (secondary N) is 1. The molecule has 0 spiro atoms. The van der Waals surface area contributed by atoms with Crippen molar-refractivity contribution in [2.45, 2.75) is 18.4 Å². The fourth-order valence-electron chi connectivity index (χ4n) is 2.83. The monoisotopic (exact) mass is 305 g/mol. The quantitative estimate of drug-likeness (QED) is 0.852. The van der Waals surface area contributed by atoms with Gasteiger partial charge in [-0.25, -0.2) is 0 Å². The Hall–Kier alpha value is -2.55. The molecule has 1 aliphatic rings. The van der Waals surface area contributed by atoms with E-state index in [1.807, 2.05) is 12.1 Å². The molecule has 116 valence electrons. The second-order valence-corrected chi connectivity index (χ2v) is 6.14. The average molecular weight is 305 g/mol. The van der Waals surface area contributed by atoms with Crippen molar-refractivity contribution in [2.75, 3.05) is 13.1 Å². The van der Waals surface area contributed by atoms with E-state index >= 15 is 0 Å². The number of hydrogen-bond donors (Lipinski definition) is 2. The van der Waals surface area contributed by atoms with E-state index in [0.717, 1.165) is 24.5 Å². The molecule has 2 aromatic carbocycles. The highest BCUT2D eigenvalue weighted by Gasteiger charge is 2.35. The van der Waals surface area contributed by atoms with Crippen LogP contribution in [0.4, 0.5) is 11.4 Å². The molecule has 3 N–H and O–H groups in total. The largest absolute Gasteiger partial charge is 0.324 e. The Morgan fingerprint density at radius 1 is 1.09 bits per heavy atom. The van der Waals surface area contributed by atoms with Crippen LogP contribution in [0.25, 0.3) is 0 Å². The summed E-state index contributed by atoms with van der Waals surface area (Å²) in [6.45, 7) is 3.81. The summed E-state index contributed by atoms with van der Waals surface area (Å²) in [5, 5.41) is 20.5. The number of nitrogens with zero attached hydrogens (tertiary/aromatic N) is 3. The summed E-state index contributed by atoms with van der Waals surface area (Å²) in [7, 11) is 0. The van der Waals surface area contributed by atoms with Crippen molar-refractivity contribution in [3.8, 4) is 6.07 Å². The third kappa shape index (κ3) is 3.45. The Morgan fingerprint density at radius 2 is 1.65 bits per heavy atom. The Kier molecular flexibility index (Phi) is 4.20. The highest BCUT2D eigenvalue weighted by molar-refractivity contribution is 5.44. The first kappa shape index (κ1) is 15.3. The summed E-state index contributed by atoms with van der Waals surface area (Å²) in [5.74, 6) is 0.312. The zero-order chi connectivity index (χ0) is 16.3. The third-order valence-corrected chi connectivity index (χ3v) is 4.22. The minimum absolute atomic E-state index is 0.217. The molecule has 3 rings (SSSR count). The van der Waals surface area contributed by atoms with Gasteiger partial charge in [0.15, 0.2) is 0 Å². The van der Waals surface area contributed by atoms with Gasteiger partial charge in [-0.2, -0.15) is 15.5 Å². The minimum Gasteiger partial charge on any atom is -0.324 e. The Bertz CT molecular complexity index is 738. The van der Waals surface area contributed by atoms with E-state index in [9.17, 15) is 0 Å². The van der Waals surface area contributed by atoms with Gasteiger partial charge in [0.2, 0.25) is 0 Å². The molecule has 5 heteroatoms. The van der Waals surface area contributed by atoms with Crippen molar-refractivity contribution >= 4 is 11.4 Å². The van der Waals surface area contributed by atoms with Gasteiger partial charge in [0.1, 0.15) is 0 Å². The van der Waals surface area contributed by atoms with Crippen LogP contribution in [-0.4, -0.2) is 18.6 Å². The zero-order valence-electron chi connectivity index (χ0n) is 13.0. The molecule has 1 aliphatic heterocycles. The number of azo groups is 1. The first-order chi connectivity index (χ1) is 11.1. The van der Waals surface area contributed by atoms with Gasteiger partial charge in [0.25, 0.3) is 0 Å². The van der Waals surface area contributed by atoms with Crippen LogP contribution in [-0.2, 0) is 0 Å². The number of hydrogen-bond acceptors (Lipinski definition) is 5. The van der Waals surface area contributed by atoms with E-state index in [2.05, 4.69) is 40.7 Å². The van der Waals surface area contributed by atoms with Crippen molar-refractivity contribution in [1.82, 2.24) is 5.32 Å². The molecule has 0 saturated carbocycles. The molecule has 23 heavy (non-hydrogen) atoms. The summed E-state index contributed by atoms with van der Waals surface area (Å²) in [6, 6.07) is 17.1. The molecule has 2 atom stereocenters. The number of rotatable bonds is 3. The van der Waals surface area contributed by atoms with Gasteiger partial charge >= 0.3 is 0 Å². The normalized spacial score (nSPS) is 24.0. The van der Waals surface area contributed by atoms with Crippen LogP contribution in [0.3, 0.4) is 0 Å². The van der Waals surface area contributed by atoms with Crippen molar-refractivity contribution in [1.29, 1.82) is 5.26 Å². The zero-order valence-corrected chi connectivity index (χ0v) is 13.0. The SMILES string of the molecule is CC1(N)CNCC1c1ccc(/N=N/c2ccc(C#N)cc2)cc1. The molecule has 0 bridgehead atoms. The second-order valence-electron chi connectivity index (χ2n) is 6.14. The first-order valence-corrected chi connectivity index (χ1v) is 7.60. The molecule has 1 fully saturated rings. The molecule has 0 amide bonds. The first-order valence-electron chi connectivity index (χ1n) is 7.60. The van der Waals surface area contributed by atoms with Gasteiger partial charge in [-0.15, -0.1) is 0 Å². The highest BCUT2D eigenvalue weighted by Crippen LogP contribution is 2.30. The molecular weight excluding hydrogens is 286 g/mol. The standard InChI is InChI=1S/C18H19N5/c1-18(20)12-21-11-17(18)14-4-8-16(9-5-14)23-22-15-6-2-13(10-19)3-7-15/h2-9,17,21H,11-12,20H2,1H3/b23-22+. The predicted molar refractivity (Wildman–Crippen MR) is 90.0 cm³/mol. The summed E-state index contributed by atoms with van der Waals surface area (Å²) in [5.41, 5.74) is 9.46. The lowest BCUT2D eigenvalue weighted by Gasteiger charge is -2.26. The smallest absolute Gasteiger partial charge is 0.0991 e. The fourth-order valence-corrected chi connectivity index (χ4v) is 2.83. The van der Waals surface area contributed by atoms with E-state index in [0.29, 0.717) is 11.5 Å².